The highest BCUT2D eigenvalue weighted by Crippen LogP contribution is 2.21. The van der Waals surface area contributed by atoms with Crippen LogP contribution in [0.5, 0.6) is 0 Å². The number of carbonyl (C=O) groups is 3. The van der Waals surface area contributed by atoms with E-state index in [0.717, 1.165) is 10.6 Å². The minimum Gasteiger partial charge on any atom is -0.465 e. The van der Waals surface area contributed by atoms with Crippen LogP contribution in [0.1, 0.15) is 60.6 Å². The monoisotopic (exact) mass is 499 g/mol. The topological polar surface area (TPSA) is 100.0 Å². The van der Waals surface area contributed by atoms with Crippen LogP contribution in [-0.4, -0.2) is 57.5 Å². The van der Waals surface area contributed by atoms with Gasteiger partial charge in [0.15, 0.2) is 0 Å². The first-order valence-electron chi connectivity index (χ1n) is 11.8. The second kappa shape index (κ2) is 11.9. The van der Waals surface area contributed by atoms with E-state index in [1.807, 2.05) is 41.8 Å². The Bertz CT molecular complexity index is 1050. The van der Waals surface area contributed by atoms with Gasteiger partial charge in [0.05, 0.1) is 24.7 Å². The summed E-state index contributed by atoms with van der Waals surface area (Å²) in [6, 6.07) is 9.60. The van der Waals surface area contributed by atoms with E-state index >= 15 is 0 Å². The van der Waals surface area contributed by atoms with Gasteiger partial charge in [-0.1, -0.05) is 31.2 Å². The molecule has 2 aromatic rings. The van der Waals surface area contributed by atoms with E-state index in [1.54, 1.807) is 60.1 Å². The van der Waals surface area contributed by atoms with Gasteiger partial charge in [0.1, 0.15) is 11.2 Å². The van der Waals surface area contributed by atoms with Crippen LogP contribution in [0.25, 0.3) is 11.3 Å². The van der Waals surface area contributed by atoms with E-state index in [9.17, 15) is 14.4 Å². The number of methoxy groups -OCH3 is 1. The van der Waals surface area contributed by atoms with Crippen LogP contribution in [0.4, 0.5) is 9.59 Å². The molecule has 0 fully saturated rings. The van der Waals surface area contributed by atoms with Gasteiger partial charge in [0, 0.05) is 18.4 Å². The molecule has 9 nitrogen and oxygen atoms in total. The number of rotatable bonds is 7. The molecular weight excluding hydrogens is 462 g/mol. The quantitative estimate of drug-likeness (QED) is 0.277. The van der Waals surface area contributed by atoms with Crippen molar-refractivity contribution >= 4 is 23.7 Å². The fourth-order valence-corrected chi connectivity index (χ4v) is 3.16. The fourth-order valence-electron chi connectivity index (χ4n) is 3.16. The van der Waals surface area contributed by atoms with Crippen molar-refractivity contribution < 1.29 is 28.6 Å². The molecule has 1 aromatic carbocycles. The molecule has 36 heavy (non-hydrogen) atoms. The summed E-state index contributed by atoms with van der Waals surface area (Å²) in [4.78, 5) is 43.4. The van der Waals surface area contributed by atoms with Crippen molar-refractivity contribution in [1.82, 2.24) is 14.5 Å². The van der Waals surface area contributed by atoms with Gasteiger partial charge in [-0.3, -0.25) is 0 Å². The summed E-state index contributed by atoms with van der Waals surface area (Å²) in [7, 11) is 1.31. The Hall–Kier alpha value is -3.62. The maximum Gasteiger partial charge on any atom is 0.419 e. The van der Waals surface area contributed by atoms with Gasteiger partial charge in [-0.2, -0.15) is 0 Å². The Kier molecular flexibility index (Phi) is 9.44. The maximum absolute atomic E-state index is 12.7. The predicted octanol–water partition coefficient (Wildman–Crippen LogP) is 5.63. The highest BCUT2D eigenvalue weighted by Gasteiger charge is 2.31. The third kappa shape index (κ3) is 8.87. The molecule has 0 saturated carbocycles. The zero-order valence-corrected chi connectivity index (χ0v) is 22.4. The SMILES string of the molecule is COC(=O)C(=CC(C)CCN(C(=O)OC(C)(C)C)C(=O)OC(C)(C)C)c1cn(-c2ccccc2)cn1. The minimum absolute atomic E-state index is 0.0361. The smallest absolute Gasteiger partial charge is 0.419 e. The molecule has 0 aliphatic heterocycles. The fraction of sp³-hybridized carbons (Fsp3) is 0.481. The summed E-state index contributed by atoms with van der Waals surface area (Å²) in [5.74, 6) is -0.746. The van der Waals surface area contributed by atoms with Crippen molar-refractivity contribution in [3.63, 3.8) is 0 Å². The lowest BCUT2D eigenvalue weighted by Crippen LogP contribution is -2.44. The van der Waals surface area contributed by atoms with Gasteiger partial charge in [0.25, 0.3) is 0 Å². The number of ether oxygens (including phenoxy) is 3. The van der Waals surface area contributed by atoms with E-state index in [-0.39, 0.29) is 12.5 Å². The lowest BCUT2D eigenvalue weighted by atomic mass is 10.0. The third-order valence-electron chi connectivity index (χ3n) is 4.81. The highest BCUT2D eigenvalue weighted by molar-refractivity contribution is 6.15. The summed E-state index contributed by atoms with van der Waals surface area (Å²) in [6.07, 6.45) is 3.88. The van der Waals surface area contributed by atoms with Crippen LogP contribution in [0, 0.1) is 5.92 Å². The molecule has 0 radical (unpaired) electrons. The molecule has 0 aliphatic carbocycles. The summed E-state index contributed by atoms with van der Waals surface area (Å²) in [6.45, 7) is 12.2. The second-order valence-electron chi connectivity index (χ2n) is 10.5. The number of aromatic nitrogens is 2. The van der Waals surface area contributed by atoms with Crippen LogP contribution < -0.4 is 0 Å². The van der Waals surface area contributed by atoms with Crippen LogP contribution >= 0.6 is 0 Å². The first-order valence-corrected chi connectivity index (χ1v) is 11.8. The number of hydrogen-bond acceptors (Lipinski definition) is 7. The van der Waals surface area contributed by atoms with Crippen LogP contribution in [0.2, 0.25) is 0 Å². The predicted molar refractivity (Wildman–Crippen MR) is 137 cm³/mol. The largest absolute Gasteiger partial charge is 0.465 e. The zero-order valence-electron chi connectivity index (χ0n) is 22.4. The number of nitrogens with zero attached hydrogens (tertiary/aromatic N) is 3. The molecule has 1 unspecified atom stereocenters. The van der Waals surface area contributed by atoms with Crippen molar-refractivity contribution in [1.29, 1.82) is 0 Å². The van der Waals surface area contributed by atoms with Crippen LogP contribution in [-0.2, 0) is 19.0 Å². The summed E-state index contributed by atoms with van der Waals surface area (Å²) < 4.78 is 17.6. The number of carbonyl (C=O) groups excluding carboxylic acids is 3. The molecule has 0 N–H and O–H groups in total. The molecule has 2 amide bonds. The number of hydrogen-bond donors (Lipinski definition) is 0. The molecule has 0 aliphatic rings. The van der Waals surface area contributed by atoms with Crippen molar-refractivity contribution in [3.8, 4) is 5.69 Å². The van der Waals surface area contributed by atoms with Gasteiger partial charge in [-0.25, -0.2) is 24.3 Å². The van der Waals surface area contributed by atoms with E-state index in [1.165, 1.54) is 7.11 Å². The first-order chi connectivity index (χ1) is 16.7. The standard InChI is InChI=1S/C27H37N3O6/c1-19(14-15-30(24(32)35-26(2,3)4)25(33)36-27(5,6)7)16-21(23(31)34-8)22-17-29(18-28-22)20-12-10-9-11-13-20/h9-13,16-19H,14-15H2,1-8H3. The molecule has 1 heterocycles. The number of imidazole rings is 1. The van der Waals surface area contributed by atoms with E-state index in [2.05, 4.69) is 4.98 Å². The Morgan fingerprint density at radius 1 is 1.00 bits per heavy atom. The highest BCUT2D eigenvalue weighted by atomic mass is 16.6. The molecule has 1 aromatic heterocycles. The van der Waals surface area contributed by atoms with Gasteiger partial charge in [0.2, 0.25) is 0 Å². The number of para-hydroxylation sites is 1. The van der Waals surface area contributed by atoms with E-state index < -0.39 is 29.4 Å². The van der Waals surface area contributed by atoms with E-state index in [4.69, 9.17) is 14.2 Å². The molecule has 2 rings (SSSR count). The average molecular weight is 500 g/mol. The second-order valence-corrected chi connectivity index (χ2v) is 10.5. The Morgan fingerprint density at radius 2 is 1.56 bits per heavy atom. The lowest BCUT2D eigenvalue weighted by Gasteiger charge is -2.29. The van der Waals surface area contributed by atoms with Crippen molar-refractivity contribution in [2.45, 2.75) is 66.1 Å². The van der Waals surface area contributed by atoms with Crippen LogP contribution in [0.3, 0.4) is 0 Å². The molecular formula is C27H37N3O6. The van der Waals surface area contributed by atoms with Gasteiger partial charge in [-0.15, -0.1) is 0 Å². The number of amides is 2. The number of esters is 1. The molecule has 196 valence electrons. The van der Waals surface area contributed by atoms with Crippen LogP contribution in [0.15, 0.2) is 48.9 Å². The van der Waals surface area contributed by atoms with E-state index in [0.29, 0.717) is 17.7 Å². The Labute approximate surface area is 213 Å². The third-order valence-corrected chi connectivity index (χ3v) is 4.81. The van der Waals surface area contributed by atoms with Gasteiger partial charge >= 0.3 is 18.2 Å². The normalized spacial score (nSPS) is 13.1. The summed E-state index contributed by atoms with van der Waals surface area (Å²) >= 11 is 0. The van der Waals surface area contributed by atoms with Gasteiger partial charge < -0.3 is 18.8 Å². The number of allylic oxidation sites excluding steroid dienone is 1. The maximum atomic E-state index is 12.7. The van der Waals surface area contributed by atoms with Crippen molar-refractivity contribution in [3.05, 3.63) is 54.6 Å². The molecule has 0 spiro atoms. The average Bonchev–Trinajstić information content (AvgIpc) is 3.25. The lowest BCUT2D eigenvalue weighted by molar-refractivity contribution is -0.133. The number of imide groups is 1. The molecule has 1 atom stereocenters. The van der Waals surface area contributed by atoms with Gasteiger partial charge in [-0.05, 0) is 66.0 Å². The Balaban J connectivity index is 2.24. The molecule has 9 heteroatoms. The molecule has 0 saturated heterocycles. The summed E-state index contributed by atoms with van der Waals surface area (Å²) in [5.41, 5.74) is 0.0881. The summed E-state index contributed by atoms with van der Waals surface area (Å²) in [5, 5.41) is 0. The van der Waals surface area contributed by atoms with Crippen molar-refractivity contribution in [2.75, 3.05) is 13.7 Å². The number of benzene rings is 1. The Morgan fingerprint density at radius 3 is 2.06 bits per heavy atom. The van der Waals surface area contributed by atoms with Crippen molar-refractivity contribution in [2.24, 2.45) is 5.92 Å². The first kappa shape index (κ1) is 28.6. The molecule has 0 bridgehead atoms. The zero-order chi connectivity index (χ0) is 27.1. The minimum atomic E-state index is -0.789.